The van der Waals surface area contributed by atoms with Crippen molar-refractivity contribution in [2.75, 3.05) is 14.2 Å². The molecule has 6 heterocycles. The zero-order valence-corrected chi connectivity index (χ0v) is 65.9. The second-order valence-corrected chi connectivity index (χ2v) is 34.0. The molecule has 0 fully saturated rings. The minimum atomic E-state index is -0.923. The first-order valence-corrected chi connectivity index (χ1v) is 40.7. The van der Waals surface area contributed by atoms with E-state index in [1.165, 1.54) is 154 Å². The third-order valence-electron chi connectivity index (χ3n) is 25.9. The lowest BCUT2D eigenvalue weighted by atomic mass is 9.67. The molecule has 0 radical (unpaired) electrons. The van der Waals surface area contributed by atoms with Gasteiger partial charge in [-0.05, 0) is 219 Å². The van der Waals surface area contributed by atoms with Crippen molar-refractivity contribution in [1.82, 2.24) is 29.1 Å². The number of pyridine rings is 4. The molecule has 548 valence electrons. The second-order valence-electron chi connectivity index (χ2n) is 34.0. The highest BCUT2D eigenvalue weighted by Crippen LogP contribution is 2.61. The van der Waals surface area contributed by atoms with Gasteiger partial charge in [0.25, 0.3) is 0 Å². The van der Waals surface area contributed by atoms with Crippen LogP contribution < -0.4 is 9.47 Å². The van der Waals surface area contributed by atoms with Gasteiger partial charge in [0, 0.05) is 120 Å². The molecule has 8 nitrogen and oxygen atoms in total. The molecule has 8 heteroatoms. The van der Waals surface area contributed by atoms with Crippen molar-refractivity contribution in [3.8, 4) is 78.8 Å². The third kappa shape index (κ3) is 10.9. The molecule has 0 spiro atoms. The maximum atomic E-state index is 6.05. The zero-order valence-electron chi connectivity index (χ0n) is 65.9. The summed E-state index contributed by atoms with van der Waals surface area (Å²) in [6, 6.07) is 71.4. The number of ether oxygens (including phenoxy) is 2. The Hall–Kier alpha value is -10.4. The van der Waals surface area contributed by atoms with E-state index in [4.69, 9.17) is 29.4 Å². The number of aromatic nitrogens is 6. The van der Waals surface area contributed by atoms with E-state index < -0.39 is 10.8 Å². The van der Waals surface area contributed by atoms with Crippen LogP contribution in [-0.2, 0) is 40.2 Å². The van der Waals surface area contributed by atoms with Gasteiger partial charge in [-0.3, -0.25) is 19.9 Å². The number of hydrogen-bond donors (Lipinski definition) is 0. The molecular formula is C101H102N6O2. The summed E-state index contributed by atoms with van der Waals surface area (Å²) >= 11 is 0. The molecule has 4 aliphatic carbocycles. The van der Waals surface area contributed by atoms with Gasteiger partial charge in [0.1, 0.15) is 11.5 Å². The van der Waals surface area contributed by atoms with Crippen LogP contribution in [-0.4, -0.2) is 43.3 Å². The molecule has 2 atom stereocenters. The number of fused-ring (bicyclic) bond motifs is 19. The van der Waals surface area contributed by atoms with Crippen LogP contribution in [0.15, 0.2) is 207 Å². The van der Waals surface area contributed by atoms with Gasteiger partial charge in [-0.25, -0.2) is 0 Å². The summed E-state index contributed by atoms with van der Waals surface area (Å²) in [6.07, 6.45) is 26.0. The number of hydrogen-bond acceptors (Lipinski definition) is 6. The lowest BCUT2D eigenvalue weighted by molar-refractivity contribution is 0.397. The highest BCUT2D eigenvalue weighted by molar-refractivity contribution is 6.12. The Morgan fingerprint density at radius 3 is 1.07 bits per heavy atom. The Morgan fingerprint density at radius 1 is 0.312 bits per heavy atom. The fourth-order valence-corrected chi connectivity index (χ4v) is 20.1. The largest absolute Gasteiger partial charge is 0.497 e. The molecule has 0 N–H and O–H groups in total. The summed E-state index contributed by atoms with van der Waals surface area (Å²) in [5.41, 5.74) is 30.2. The van der Waals surface area contributed by atoms with Crippen LogP contribution in [0.1, 0.15) is 226 Å². The molecule has 14 aromatic rings. The number of methoxy groups -OCH3 is 2. The Labute approximate surface area is 644 Å². The topological polar surface area (TPSA) is 79.9 Å². The van der Waals surface area contributed by atoms with Crippen molar-refractivity contribution >= 4 is 43.6 Å². The number of nitrogens with zero attached hydrogens (tertiary/aromatic N) is 6. The lowest BCUT2D eigenvalue weighted by Gasteiger charge is -2.34. The molecule has 0 saturated carbocycles. The van der Waals surface area contributed by atoms with Crippen LogP contribution in [0.2, 0.25) is 0 Å². The van der Waals surface area contributed by atoms with E-state index in [9.17, 15) is 0 Å². The van der Waals surface area contributed by atoms with E-state index >= 15 is 0 Å². The SMILES string of the molecule is CCCCCCCCC1(CCCCCCCC)c2cc(-c3cnc4c(c3)C3(c5ccc(OC)cc5)c5ccc6c(c5)c5cc(ccc5n6CC)-c5cnc6c(c5)C(c5ccc(OC)cc5)(c5ccc7c(c5)c5cc(ccc5n7CC)-c5cnc-4c3c5)c3cc(C(C)(C)C)cnc3-6)ccc2-c2ccc(C(C)(C)C)cc21. The highest BCUT2D eigenvalue weighted by Gasteiger charge is 2.52. The van der Waals surface area contributed by atoms with Gasteiger partial charge in [0.05, 0.1) is 47.8 Å². The average molecular weight is 1430 g/mol. The molecule has 6 aromatic heterocycles. The highest BCUT2D eigenvalue weighted by atomic mass is 16.5. The molecule has 0 amide bonds. The molecule has 0 aliphatic heterocycles. The minimum Gasteiger partial charge on any atom is -0.497 e. The predicted octanol–water partition coefficient (Wildman–Crippen LogP) is 25.9. The van der Waals surface area contributed by atoms with E-state index in [-0.39, 0.29) is 16.2 Å². The zero-order chi connectivity index (χ0) is 74.9. The normalized spacial score (nSPS) is 16.3. The van der Waals surface area contributed by atoms with Gasteiger partial charge in [0.2, 0.25) is 0 Å². The lowest BCUT2D eigenvalue weighted by Crippen LogP contribution is -2.29. The van der Waals surface area contributed by atoms with Gasteiger partial charge in [-0.2, -0.15) is 0 Å². The Balaban J connectivity index is 0.896. The van der Waals surface area contributed by atoms with E-state index in [0.29, 0.717) is 0 Å². The van der Waals surface area contributed by atoms with E-state index in [1.807, 2.05) is 0 Å². The summed E-state index contributed by atoms with van der Waals surface area (Å²) < 4.78 is 17.0. The van der Waals surface area contributed by atoms with Gasteiger partial charge < -0.3 is 18.6 Å². The van der Waals surface area contributed by atoms with Crippen molar-refractivity contribution in [2.45, 2.75) is 199 Å². The van der Waals surface area contributed by atoms with Crippen LogP contribution in [0.5, 0.6) is 11.5 Å². The fourth-order valence-electron chi connectivity index (χ4n) is 20.1. The van der Waals surface area contributed by atoms with Crippen LogP contribution in [0, 0.1) is 0 Å². The van der Waals surface area contributed by atoms with Crippen LogP contribution in [0.3, 0.4) is 0 Å². The Kier molecular flexibility index (Phi) is 17.4. The van der Waals surface area contributed by atoms with Crippen molar-refractivity contribution in [3.05, 3.63) is 274 Å². The summed E-state index contributed by atoms with van der Waals surface area (Å²) in [4.78, 5) is 22.6. The first kappa shape index (κ1) is 70.2. The predicted molar refractivity (Wildman–Crippen MR) is 452 cm³/mol. The molecule has 0 saturated heterocycles. The van der Waals surface area contributed by atoms with Crippen molar-refractivity contribution < 1.29 is 9.47 Å². The smallest absolute Gasteiger partial charge is 0.118 e. The van der Waals surface area contributed by atoms with Gasteiger partial charge in [-0.1, -0.05) is 211 Å². The van der Waals surface area contributed by atoms with E-state index in [2.05, 4.69) is 285 Å². The monoisotopic (exact) mass is 1430 g/mol. The standard InChI is InChI=1S/C101H102N6O2/c1-13-17-19-21-23-25-47-99(48-26-24-22-20-18-14-2)83-51-65(27-41-77(83)78-42-34-71(57-84(78)99)97(5,6)7)68-54-86-94(104-61-68)93-85-52-66(59-102-93)63-28-43-90-80(49-63)82-56-73(36-46-92(82)107(90)16-4)101(70-32-39-76(109-12)40-33-70)87-53-67(60-103-95(87)96-88(101)58-74(62-105-96)98(8,9)10)64-29-44-89-79(50-64)81-55-72(35-45-91(81)106(89)15-3)100(85,86)69-30-37-75(108-11)38-31-69/h27-46,49-62H,13-26,47-48H2,1-12H3. The van der Waals surface area contributed by atoms with Crippen molar-refractivity contribution in [1.29, 1.82) is 0 Å². The van der Waals surface area contributed by atoms with Crippen LogP contribution >= 0.6 is 0 Å². The molecule has 2 unspecified atom stereocenters. The quantitative estimate of drug-likeness (QED) is 0.0667. The van der Waals surface area contributed by atoms with Gasteiger partial charge in [-0.15, -0.1) is 0 Å². The summed E-state index contributed by atoms with van der Waals surface area (Å²) in [7, 11) is 3.52. The average Bonchev–Trinajstić information content (AvgIpc) is 1.54. The number of rotatable bonds is 21. The Morgan fingerprint density at radius 2 is 0.651 bits per heavy atom. The van der Waals surface area contributed by atoms with E-state index in [1.54, 1.807) is 19.8 Å². The van der Waals surface area contributed by atoms with Gasteiger partial charge in [0.15, 0.2) is 0 Å². The summed E-state index contributed by atoms with van der Waals surface area (Å²) in [5.74, 6) is 1.61. The number of unbranched alkanes of at least 4 members (excludes halogenated alkanes) is 10. The third-order valence-corrected chi connectivity index (χ3v) is 25.9. The first-order chi connectivity index (χ1) is 53.0. The summed E-state index contributed by atoms with van der Waals surface area (Å²) in [5, 5.41) is 4.73. The van der Waals surface area contributed by atoms with Crippen LogP contribution in [0.25, 0.3) is 111 Å². The molecule has 8 aromatic carbocycles. The molecule has 109 heavy (non-hydrogen) atoms. The molecular weight excluding hydrogens is 1330 g/mol. The number of benzene rings is 8. The molecule has 4 aliphatic rings. The fraction of sp³-hybridized carbons (Fsp3) is 0.327. The molecule has 12 bridgehead atoms. The van der Waals surface area contributed by atoms with Crippen molar-refractivity contribution in [3.63, 3.8) is 0 Å². The summed E-state index contributed by atoms with van der Waals surface area (Å²) in [6.45, 7) is 24.8. The van der Waals surface area contributed by atoms with Crippen LogP contribution in [0.4, 0.5) is 0 Å². The maximum absolute atomic E-state index is 6.05. The Bertz CT molecular complexity index is 5920. The minimum absolute atomic E-state index is 0.0137. The van der Waals surface area contributed by atoms with E-state index in [0.717, 1.165) is 133 Å². The molecule has 18 rings (SSSR count). The maximum Gasteiger partial charge on any atom is 0.118 e. The number of aryl methyl sites for hydroxylation is 2. The van der Waals surface area contributed by atoms with Gasteiger partial charge >= 0.3 is 0 Å². The second kappa shape index (κ2) is 27.0. The van der Waals surface area contributed by atoms with Crippen molar-refractivity contribution in [2.24, 2.45) is 0 Å². The first-order valence-electron chi connectivity index (χ1n) is 40.7.